The first-order chi connectivity index (χ1) is 9.36. The molecule has 0 aliphatic rings. The van der Waals surface area contributed by atoms with Gasteiger partial charge >= 0.3 is 0 Å². The maximum absolute atomic E-state index is 12.1. The van der Waals surface area contributed by atoms with Crippen LogP contribution in [0, 0.1) is 5.92 Å². The molecule has 1 unspecified atom stereocenters. The molecule has 0 aliphatic carbocycles. The zero-order valence-corrected chi connectivity index (χ0v) is 13.6. The van der Waals surface area contributed by atoms with Gasteiger partial charge in [0, 0.05) is 12.6 Å². The first-order valence-corrected chi connectivity index (χ1v) is 8.68. The van der Waals surface area contributed by atoms with Crippen molar-refractivity contribution in [1.82, 2.24) is 10.0 Å². The molecule has 4 nitrogen and oxygen atoms in total. The number of benzene rings is 1. The highest BCUT2D eigenvalue weighted by atomic mass is 32.2. The van der Waals surface area contributed by atoms with Gasteiger partial charge in [-0.1, -0.05) is 32.9 Å². The van der Waals surface area contributed by atoms with Crippen LogP contribution < -0.4 is 10.0 Å². The molecule has 0 aromatic heterocycles. The molecule has 1 aromatic rings. The van der Waals surface area contributed by atoms with E-state index in [-0.39, 0.29) is 6.04 Å². The van der Waals surface area contributed by atoms with Crippen molar-refractivity contribution in [3.8, 4) is 0 Å². The zero-order chi connectivity index (χ0) is 15.2. The third kappa shape index (κ3) is 5.23. The van der Waals surface area contributed by atoms with Crippen LogP contribution in [0.5, 0.6) is 0 Å². The second-order valence-corrected chi connectivity index (χ2v) is 7.20. The van der Waals surface area contributed by atoms with E-state index in [2.05, 4.69) is 30.8 Å². The molecule has 0 aliphatic heterocycles. The second-order valence-electron chi connectivity index (χ2n) is 5.43. The lowest BCUT2D eigenvalue weighted by Gasteiger charge is -2.13. The summed E-state index contributed by atoms with van der Waals surface area (Å²) in [6.45, 7) is 9.63. The molecular formula is C15H26N2O2S. The van der Waals surface area contributed by atoms with Gasteiger partial charge in [0.15, 0.2) is 0 Å². The van der Waals surface area contributed by atoms with Crippen LogP contribution in [0.2, 0.25) is 0 Å². The Morgan fingerprint density at radius 2 is 1.70 bits per heavy atom. The third-order valence-corrected chi connectivity index (χ3v) is 4.69. The van der Waals surface area contributed by atoms with Gasteiger partial charge in [-0.25, -0.2) is 13.1 Å². The van der Waals surface area contributed by atoms with Gasteiger partial charge in [-0.3, -0.25) is 0 Å². The minimum absolute atomic E-state index is 0.227. The summed E-state index contributed by atoms with van der Waals surface area (Å²) < 4.78 is 26.8. The SMILES string of the molecule is CCNC(C)c1ccc(S(=O)(=O)NCCC(C)C)cc1. The van der Waals surface area contributed by atoms with Gasteiger partial charge in [-0.2, -0.15) is 0 Å². The van der Waals surface area contributed by atoms with E-state index in [1.807, 2.05) is 19.1 Å². The summed E-state index contributed by atoms with van der Waals surface area (Å²) >= 11 is 0. The molecule has 0 spiro atoms. The lowest BCUT2D eigenvalue weighted by Crippen LogP contribution is -2.25. The van der Waals surface area contributed by atoms with Crippen LogP contribution in [-0.4, -0.2) is 21.5 Å². The van der Waals surface area contributed by atoms with E-state index in [1.165, 1.54) is 0 Å². The Hall–Kier alpha value is -0.910. The summed E-state index contributed by atoms with van der Waals surface area (Å²) in [5, 5.41) is 3.30. The Bertz CT molecular complexity index is 495. The molecule has 0 heterocycles. The Labute approximate surface area is 123 Å². The molecular weight excluding hydrogens is 272 g/mol. The highest BCUT2D eigenvalue weighted by Gasteiger charge is 2.14. The molecule has 0 fully saturated rings. The number of hydrogen-bond acceptors (Lipinski definition) is 3. The summed E-state index contributed by atoms with van der Waals surface area (Å²) in [6, 6.07) is 7.29. The highest BCUT2D eigenvalue weighted by Crippen LogP contribution is 2.16. The van der Waals surface area contributed by atoms with Gasteiger partial charge in [0.25, 0.3) is 0 Å². The molecule has 0 amide bonds. The normalized spacial score (nSPS) is 13.7. The van der Waals surface area contributed by atoms with Crippen molar-refractivity contribution in [3.63, 3.8) is 0 Å². The van der Waals surface area contributed by atoms with E-state index in [1.54, 1.807) is 12.1 Å². The van der Waals surface area contributed by atoms with Crippen molar-refractivity contribution in [1.29, 1.82) is 0 Å². The average molecular weight is 298 g/mol. The zero-order valence-electron chi connectivity index (χ0n) is 12.8. The van der Waals surface area contributed by atoms with E-state index in [0.29, 0.717) is 17.4 Å². The molecule has 0 saturated heterocycles. The van der Waals surface area contributed by atoms with Crippen LogP contribution in [0.15, 0.2) is 29.2 Å². The quantitative estimate of drug-likeness (QED) is 0.776. The smallest absolute Gasteiger partial charge is 0.240 e. The number of hydrogen-bond donors (Lipinski definition) is 2. The van der Waals surface area contributed by atoms with Gasteiger partial charge in [-0.05, 0) is 43.5 Å². The van der Waals surface area contributed by atoms with Crippen molar-refractivity contribution >= 4 is 10.0 Å². The standard InChI is InChI=1S/C15H26N2O2S/c1-5-16-13(4)14-6-8-15(9-7-14)20(18,19)17-11-10-12(2)3/h6-9,12-13,16-17H,5,10-11H2,1-4H3. The lowest BCUT2D eigenvalue weighted by molar-refractivity contribution is 0.551. The Kier molecular flexibility index (Phi) is 6.65. The minimum Gasteiger partial charge on any atom is -0.310 e. The van der Waals surface area contributed by atoms with Crippen LogP contribution >= 0.6 is 0 Å². The number of nitrogens with one attached hydrogen (secondary N) is 2. The maximum atomic E-state index is 12.1. The van der Waals surface area contributed by atoms with Crippen molar-refractivity contribution in [2.45, 2.75) is 45.1 Å². The lowest BCUT2D eigenvalue weighted by atomic mass is 10.1. The molecule has 1 aromatic carbocycles. The summed E-state index contributed by atoms with van der Waals surface area (Å²) in [6.07, 6.45) is 0.842. The van der Waals surface area contributed by atoms with Crippen molar-refractivity contribution in [2.75, 3.05) is 13.1 Å². The summed E-state index contributed by atoms with van der Waals surface area (Å²) in [5.74, 6) is 0.487. The first-order valence-electron chi connectivity index (χ1n) is 7.19. The fourth-order valence-electron chi connectivity index (χ4n) is 1.92. The molecule has 1 atom stereocenters. The van der Waals surface area contributed by atoms with Gasteiger partial charge in [-0.15, -0.1) is 0 Å². The van der Waals surface area contributed by atoms with Crippen molar-refractivity contribution in [2.24, 2.45) is 5.92 Å². The van der Waals surface area contributed by atoms with E-state index < -0.39 is 10.0 Å². The fraction of sp³-hybridized carbons (Fsp3) is 0.600. The molecule has 114 valence electrons. The monoisotopic (exact) mass is 298 g/mol. The van der Waals surface area contributed by atoms with E-state index in [0.717, 1.165) is 18.5 Å². The van der Waals surface area contributed by atoms with Gasteiger partial charge in [0.1, 0.15) is 0 Å². The molecule has 2 N–H and O–H groups in total. The highest BCUT2D eigenvalue weighted by molar-refractivity contribution is 7.89. The summed E-state index contributed by atoms with van der Waals surface area (Å²) in [5.41, 5.74) is 1.09. The van der Waals surface area contributed by atoms with Crippen molar-refractivity contribution in [3.05, 3.63) is 29.8 Å². The number of rotatable bonds is 8. The summed E-state index contributed by atoms with van der Waals surface area (Å²) in [4.78, 5) is 0.328. The Morgan fingerprint density at radius 1 is 1.10 bits per heavy atom. The second kappa shape index (κ2) is 7.76. The van der Waals surface area contributed by atoms with Crippen LogP contribution in [0.4, 0.5) is 0 Å². The van der Waals surface area contributed by atoms with Crippen LogP contribution in [0.3, 0.4) is 0 Å². The number of sulfonamides is 1. The van der Waals surface area contributed by atoms with E-state index in [9.17, 15) is 8.42 Å². The molecule has 0 radical (unpaired) electrons. The van der Waals surface area contributed by atoms with Gasteiger partial charge in [0.2, 0.25) is 10.0 Å². The van der Waals surface area contributed by atoms with Gasteiger partial charge in [0.05, 0.1) is 4.90 Å². The molecule has 1 rings (SSSR count). The topological polar surface area (TPSA) is 58.2 Å². The van der Waals surface area contributed by atoms with Crippen molar-refractivity contribution < 1.29 is 8.42 Å². The van der Waals surface area contributed by atoms with Gasteiger partial charge < -0.3 is 5.32 Å². The average Bonchev–Trinajstić information content (AvgIpc) is 2.38. The molecule has 5 heteroatoms. The van der Waals surface area contributed by atoms with E-state index >= 15 is 0 Å². The van der Waals surface area contributed by atoms with Crippen LogP contribution in [0.25, 0.3) is 0 Å². The fourth-order valence-corrected chi connectivity index (χ4v) is 2.97. The minimum atomic E-state index is -3.38. The summed E-state index contributed by atoms with van der Waals surface area (Å²) in [7, 11) is -3.38. The Morgan fingerprint density at radius 3 is 2.20 bits per heavy atom. The third-order valence-electron chi connectivity index (χ3n) is 3.21. The molecule has 0 bridgehead atoms. The predicted molar refractivity (Wildman–Crippen MR) is 83.2 cm³/mol. The van der Waals surface area contributed by atoms with E-state index in [4.69, 9.17) is 0 Å². The van der Waals surface area contributed by atoms with Crippen LogP contribution in [-0.2, 0) is 10.0 Å². The van der Waals surface area contributed by atoms with Crippen LogP contribution in [0.1, 0.15) is 45.7 Å². The molecule has 0 saturated carbocycles. The maximum Gasteiger partial charge on any atom is 0.240 e. The Balaban J connectivity index is 2.71. The largest absolute Gasteiger partial charge is 0.310 e. The molecule has 20 heavy (non-hydrogen) atoms. The first kappa shape index (κ1) is 17.1. The predicted octanol–water partition coefficient (Wildman–Crippen LogP) is 2.68.